The van der Waals surface area contributed by atoms with Crippen LogP contribution in [0.3, 0.4) is 0 Å². The normalized spacial score (nSPS) is 22.2. The first kappa shape index (κ1) is 13.4. The highest BCUT2D eigenvalue weighted by molar-refractivity contribution is 5.90. The van der Waals surface area contributed by atoms with Crippen molar-refractivity contribution in [1.29, 1.82) is 0 Å². The van der Waals surface area contributed by atoms with Gasteiger partial charge in [0.2, 0.25) is 0 Å². The highest BCUT2D eigenvalue weighted by Gasteiger charge is 2.30. The summed E-state index contributed by atoms with van der Waals surface area (Å²) in [6.45, 7) is 3.63. The van der Waals surface area contributed by atoms with Crippen molar-refractivity contribution < 1.29 is 14.7 Å². The summed E-state index contributed by atoms with van der Waals surface area (Å²) >= 11 is 0. The third-order valence-corrected chi connectivity index (χ3v) is 3.48. The van der Waals surface area contributed by atoms with Gasteiger partial charge in [0, 0.05) is 6.04 Å². The average molecular weight is 266 g/mol. The molecule has 0 aromatic carbocycles. The van der Waals surface area contributed by atoms with Gasteiger partial charge in [0.05, 0.1) is 23.0 Å². The second kappa shape index (κ2) is 5.29. The number of nitrogens with one attached hydrogen (secondary N) is 3. The summed E-state index contributed by atoms with van der Waals surface area (Å²) in [6.07, 6.45) is 1.81. The van der Waals surface area contributed by atoms with E-state index in [1.807, 2.05) is 6.92 Å². The molecule has 0 radical (unpaired) electrons. The van der Waals surface area contributed by atoms with Gasteiger partial charge in [-0.05, 0) is 33.1 Å². The molecule has 7 heteroatoms. The van der Waals surface area contributed by atoms with Crippen molar-refractivity contribution in [2.75, 3.05) is 5.32 Å². The fourth-order valence-electron chi connectivity index (χ4n) is 2.41. The topological polar surface area (TPSA) is 107 Å². The molecular formula is C12H18N4O3. The number of aromatic amines is 1. The minimum atomic E-state index is -0.786. The maximum absolute atomic E-state index is 11.8. The molecule has 104 valence electrons. The average Bonchev–Trinajstić information content (AvgIpc) is 2.91. The molecule has 0 spiro atoms. The zero-order valence-electron chi connectivity index (χ0n) is 11.0. The zero-order chi connectivity index (χ0) is 14.0. The van der Waals surface area contributed by atoms with Crippen molar-refractivity contribution in [1.82, 2.24) is 15.5 Å². The van der Waals surface area contributed by atoms with Gasteiger partial charge in [0.15, 0.2) is 0 Å². The number of amides is 2. The van der Waals surface area contributed by atoms with E-state index in [9.17, 15) is 9.59 Å². The molecule has 1 saturated carbocycles. The molecule has 1 heterocycles. The third kappa shape index (κ3) is 3.04. The number of hydrogen-bond donors (Lipinski definition) is 4. The smallest absolute Gasteiger partial charge is 0.319 e. The Morgan fingerprint density at radius 2 is 2.11 bits per heavy atom. The number of H-pyrrole nitrogens is 1. The molecule has 7 nitrogen and oxygen atoms in total. The van der Waals surface area contributed by atoms with Gasteiger partial charge in [-0.2, -0.15) is 5.10 Å². The summed E-state index contributed by atoms with van der Waals surface area (Å²) in [5, 5.41) is 21.2. The molecule has 2 rings (SSSR count). The summed E-state index contributed by atoms with van der Waals surface area (Å²) < 4.78 is 0. The number of aromatic nitrogens is 2. The Labute approximate surface area is 110 Å². The van der Waals surface area contributed by atoms with Gasteiger partial charge in [-0.1, -0.05) is 0 Å². The van der Waals surface area contributed by atoms with Crippen molar-refractivity contribution in [3.05, 3.63) is 11.4 Å². The first-order chi connectivity index (χ1) is 8.97. The predicted molar refractivity (Wildman–Crippen MR) is 69.0 cm³/mol. The quantitative estimate of drug-likeness (QED) is 0.663. The molecule has 4 N–H and O–H groups in total. The number of aryl methyl sites for hydroxylation is 2. The number of urea groups is 1. The Balaban J connectivity index is 1.87. The second-order valence-corrected chi connectivity index (χ2v) is 4.95. The molecule has 1 fully saturated rings. The van der Waals surface area contributed by atoms with Crippen molar-refractivity contribution in [3.63, 3.8) is 0 Å². The van der Waals surface area contributed by atoms with Crippen LogP contribution in [0.15, 0.2) is 0 Å². The van der Waals surface area contributed by atoms with Crippen LogP contribution in [0, 0.1) is 19.8 Å². The van der Waals surface area contributed by atoms with Crippen LogP contribution in [0.25, 0.3) is 0 Å². The van der Waals surface area contributed by atoms with E-state index in [2.05, 4.69) is 20.8 Å². The van der Waals surface area contributed by atoms with Crippen LogP contribution >= 0.6 is 0 Å². The van der Waals surface area contributed by atoms with E-state index in [-0.39, 0.29) is 18.0 Å². The standard InChI is InChI=1S/C12H18N4O3/c1-6-10(7(2)16-15-6)14-12(19)13-9-4-3-8(5-9)11(17)18/h8-9H,3-5H2,1-2H3,(H,15,16)(H,17,18)(H2,13,14,19). The number of nitrogens with zero attached hydrogens (tertiary/aromatic N) is 1. The van der Waals surface area contributed by atoms with E-state index in [1.165, 1.54) is 0 Å². The first-order valence-electron chi connectivity index (χ1n) is 6.29. The Hall–Kier alpha value is -2.05. The van der Waals surface area contributed by atoms with Crippen molar-refractivity contribution in [3.8, 4) is 0 Å². The lowest BCUT2D eigenvalue weighted by Crippen LogP contribution is -2.36. The lowest BCUT2D eigenvalue weighted by molar-refractivity contribution is -0.141. The fourth-order valence-corrected chi connectivity index (χ4v) is 2.41. The molecule has 2 atom stereocenters. The van der Waals surface area contributed by atoms with Crippen LogP contribution in [0.2, 0.25) is 0 Å². The van der Waals surface area contributed by atoms with Gasteiger partial charge in [-0.15, -0.1) is 0 Å². The summed E-state index contributed by atoms with van der Waals surface area (Å²) in [5.74, 6) is -1.13. The molecule has 0 saturated heterocycles. The largest absolute Gasteiger partial charge is 0.481 e. The number of carbonyl (C=O) groups excluding carboxylic acids is 1. The van der Waals surface area contributed by atoms with Crippen LogP contribution in [0.1, 0.15) is 30.7 Å². The SMILES string of the molecule is Cc1n[nH]c(C)c1NC(=O)NC1CCC(C(=O)O)C1. The Morgan fingerprint density at radius 3 is 2.63 bits per heavy atom. The molecule has 0 bridgehead atoms. The maximum Gasteiger partial charge on any atom is 0.319 e. The summed E-state index contributed by atoms with van der Waals surface area (Å²) in [6, 6.07) is -0.391. The lowest BCUT2D eigenvalue weighted by Gasteiger charge is -2.13. The van der Waals surface area contributed by atoms with Crippen LogP contribution in [0.4, 0.5) is 10.5 Å². The van der Waals surface area contributed by atoms with Crippen molar-refractivity contribution in [2.24, 2.45) is 5.92 Å². The summed E-state index contributed by atoms with van der Waals surface area (Å²) in [4.78, 5) is 22.7. The van der Waals surface area contributed by atoms with Gasteiger partial charge in [0.25, 0.3) is 0 Å². The molecule has 19 heavy (non-hydrogen) atoms. The van der Waals surface area contributed by atoms with Crippen molar-refractivity contribution in [2.45, 2.75) is 39.2 Å². The highest BCUT2D eigenvalue weighted by atomic mass is 16.4. The Kier molecular flexibility index (Phi) is 3.73. The number of carboxylic acid groups (broad SMARTS) is 1. The van der Waals surface area contributed by atoms with Gasteiger partial charge >= 0.3 is 12.0 Å². The van der Waals surface area contributed by atoms with E-state index < -0.39 is 5.97 Å². The van der Waals surface area contributed by atoms with E-state index in [0.29, 0.717) is 24.9 Å². The summed E-state index contributed by atoms with van der Waals surface area (Å²) in [5.41, 5.74) is 2.19. The van der Waals surface area contributed by atoms with E-state index >= 15 is 0 Å². The molecule has 1 aliphatic rings. The van der Waals surface area contributed by atoms with Crippen LogP contribution in [0.5, 0.6) is 0 Å². The van der Waals surface area contributed by atoms with Gasteiger partial charge in [0.1, 0.15) is 0 Å². The molecule has 1 aromatic rings. The number of hydrogen-bond acceptors (Lipinski definition) is 3. The number of aliphatic carboxylic acids is 1. The molecule has 2 amide bonds. The van der Waals surface area contributed by atoms with Crippen molar-refractivity contribution >= 4 is 17.7 Å². The molecule has 0 aliphatic heterocycles. The molecule has 1 aromatic heterocycles. The van der Waals surface area contributed by atoms with Gasteiger partial charge < -0.3 is 15.7 Å². The first-order valence-corrected chi connectivity index (χ1v) is 6.29. The monoisotopic (exact) mass is 266 g/mol. The molecule has 1 aliphatic carbocycles. The van der Waals surface area contributed by atoms with Crippen LogP contribution in [-0.4, -0.2) is 33.3 Å². The van der Waals surface area contributed by atoms with Gasteiger partial charge in [-0.25, -0.2) is 4.79 Å². The van der Waals surface area contributed by atoms with E-state index in [0.717, 1.165) is 11.4 Å². The minimum absolute atomic E-state index is 0.0754. The Bertz CT molecular complexity index is 478. The van der Waals surface area contributed by atoms with E-state index in [4.69, 9.17) is 5.11 Å². The van der Waals surface area contributed by atoms with Gasteiger partial charge in [-0.3, -0.25) is 9.89 Å². The second-order valence-electron chi connectivity index (χ2n) is 4.95. The lowest BCUT2D eigenvalue weighted by atomic mass is 10.1. The van der Waals surface area contributed by atoms with E-state index in [1.54, 1.807) is 6.92 Å². The number of carbonyl (C=O) groups is 2. The minimum Gasteiger partial charge on any atom is -0.481 e. The zero-order valence-corrected chi connectivity index (χ0v) is 11.0. The molecule has 2 unspecified atom stereocenters. The highest BCUT2D eigenvalue weighted by Crippen LogP contribution is 2.25. The van der Waals surface area contributed by atoms with Crippen LogP contribution < -0.4 is 10.6 Å². The maximum atomic E-state index is 11.8. The third-order valence-electron chi connectivity index (χ3n) is 3.48. The number of rotatable bonds is 3. The number of carboxylic acids is 1. The fraction of sp³-hybridized carbons (Fsp3) is 0.583. The Morgan fingerprint density at radius 1 is 1.37 bits per heavy atom. The summed E-state index contributed by atoms with van der Waals surface area (Å²) in [7, 11) is 0. The molecular weight excluding hydrogens is 248 g/mol. The predicted octanol–water partition coefficient (Wildman–Crippen LogP) is 1.40. The number of anilines is 1. The van der Waals surface area contributed by atoms with Crippen LogP contribution in [-0.2, 0) is 4.79 Å².